The second-order valence-corrected chi connectivity index (χ2v) is 5.99. The number of nitro benzene ring substituents is 1. The number of pyridine rings is 1. The SMILES string of the molecule is Cc1ccnc(N2CCN(c3ccc([N+](=O)[O-])c4nonc34)CC2)c1. The summed E-state index contributed by atoms with van der Waals surface area (Å²) < 4.78 is 4.74. The molecule has 0 saturated carbocycles. The first-order valence-electron chi connectivity index (χ1n) is 7.96. The molecule has 0 bridgehead atoms. The van der Waals surface area contributed by atoms with E-state index in [2.05, 4.69) is 31.2 Å². The molecule has 9 nitrogen and oxygen atoms in total. The van der Waals surface area contributed by atoms with E-state index < -0.39 is 4.92 Å². The maximum Gasteiger partial charge on any atom is 0.300 e. The Labute approximate surface area is 143 Å². The van der Waals surface area contributed by atoms with Crippen molar-refractivity contribution in [1.29, 1.82) is 0 Å². The van der Waals surface area contributed by atoms with Crippen LogP contribution in [0.1, 0.15) is 5.56 Å². The standard InChI is InChI=1S/C16H16N6O3/c1-11-4-5-17-14(10-11)21-8-6-20(7-9-21)12-2-3-13(22(23)24)16-15(12)18-25-19-16/h2-5,10H,6-9H2,1H3. The molecule has 4 rings (SSSR count). The van der Waals surface area contributed by atoms with Gasteiger partial charge in [-0.2, -0.15) is 0 Å². The van der Waals surface area contributed by atoms with E-state index in [1.165, 1.54) is 11.6 Å². The van der Waals surface area contributed by atoms with Crippen molar-refractivity contribution in [1.82, 2.24) is 15.3 Å². The lowest BCUT2D eigenvalue weighted by atomic mass is 10.2. The highest BCUT2D eigenvalue weighted by atomic mass is 16.6. The molecule has 25 heavy (non-hydrogen) atoms. The molecule has 1 aromatic carbocycles. The highest BCUT2D eigenvalue weighted by Gasteiger charge is 2.25. The lowest BCUT2D eigenvalue weighted by Crippen LogP contribution is -2.46. The summed E-state index contributed by atoms with van der Waals surface area (Å²) in [6.07, 6.45) is 1.82. The largest absolute Gasteiger partial charge is 0.366 e. The minimum absolute atomic E-state index is 0.0948. The number of fused-ring (bicyclic) bond motifs is 1. The molecule has 1 aliphatic rings. The van der Waals surface area contributed by atoms with E-state index in [9.17, 15) is 10.1 Å². The first-order chi connectivity index (χ1) is 12.1. The zero-order valence-electron chi connectivity index (χ0n) is 13.6. The van der Waals surface area contributed by atoms with Crippen molar-refractivity contribution in [2.24, 2.45) is 0 Å². The van der Waals surface area contributed by atoms with Crippen molar-refractivity contribution in [2.75, 3.05) is 36.0 Å². The fourth-order valence-electron chi connectivity index (χ4n) is 3.11. The molecule has 3 heterocycles. The van der Waals surface area contributed by atoms with Crippen molar-refractivity contribution in [2.45, 2.75) is 6.92 Å². The van der Waals surface area contributed by atoms with E-state index in [-0.39, 0.29) is 11.2 Å². The van der Waals surface area contributed by atoms with Gasteiger partial charge in [-0.15, -0.1) is 0 Å². The molecule has 1 saturated heterocycles. The summed E-state index contributed by atoms with van der Waals surface area (Å²) in [5, 5.41) is 18.7. The van der Waals surface area contributed by atoms with E-state index in [1.807, 2.05) is 19.2 Å². The van der Waals surface area contributed by atoms with Gasteiger partial charge in [0.25, 0.3) is 0 Å². The van der Waals surface area contributed by atoms with Gasteiger partial charge >= 0.3 is 5.69 Å². The number of nitro groups is 1. The maximum absolute atomic E-state index is 11.1. The predicted molar refractivity (Wildman–Crippen MR) is 91.9 cm³/mol. The maximum atomic E-state index is 11.1. The Hall–Kier alpha value is -3.23. The Kier molecular flexibility index (Phi) is 3.68. The lowest BCUT2D eigenvalue weighted by molar-refractivity contribution is -0.383. The van der Waals surface area contributed by atoms with Gasteiger partial charge in [0, 0.05) is 38.4 Å². The van der Waals surface area contributed by atoms with Gasteiger partial charge in [-0.05, 0) is 41.0 Å². The normalized spacial score (nSPS) is 14.9. The smallest absolute Gasteiger partial charge is 0.300 e. The van der Waals surface area contributed by atoms with Crippen molar-refractivity contribution >= 4 is 28.2 Å². The average molecular weight is 340 g/mol. The third kappa shape index (κ3) is 2.73. The number of piperazine rings is 1. The van der Waals surface area contributed by atoms with Gasteiger partial charge in [0.05, 0.1) is 10.6 Å². The molecule has 128 valence electrons. The first-order valence-corrected chi connectivity index (χ1v) is 7.96. The second-order valence-electron chi connectivity index (χ2n) is 5.99. The lowest BCUT2D eigenvalue weighted by Gasteiger charge is -2.36. The van der Waals surface area contributed by atoms with Gasteiger partial charge < -0.3 is 9.80 Å². The van der Waals surface area contributed by atoms with Crippen molar-refractivity contribution in [3.05, 3.63) is 46.1 Å². The number of aryl methyl sites for hydroxylation is 1. The second kappa shape index (κ2) is 6.00. The molecule has 0 amide bonds. The van der Waals surface area contributed by atoms with Crippen LogP contribution >= 0.6 is 0 Å². The van der Waals surface area contributed by atoms with Crippen LogP contribution in [0.5, 0.6) is 0 Å². The Morgan fingerprint density at radius 2 is 1.80 bits per heavy atom. The number of anilines is 2. The molecular weight excluding hydrogens is 324 g/mol. The van der Waals surface area contributed by atoms with Crippen molar-refractivity contribution in [3.63, 3.8) is 0 Å². The average Bonchev–Trinajstić information content (AvgIpc) is 3.10. The molecule has 1 fully saturated rings. The van der Waals surface area contributed by atoms with E-state index in [4.69, 9.17) is 4.63 Å². The molecule has 3 aromatic rings. The molecular formula is C16H16N6O3. The van der Waals surface area contributed by atoms with Crippen molar-refractivity contribution in [3.8, 4) is 0 Å². The van der Waals surface area contributed by atoms with Crippen LogP contribution in [0.3, 0.4) is 0 Å². The molecule has 0 aliphatic carbocycles. The van der Waals surface area contributed by atoms with Gasteiger partial charge in [0.15, 0.2) is 5.52 Å². The highest BCUT2D eigenvalue weighted by Crippen LogP contribution is 2.31. The summed E-state index contributed by atoms with van der Waals surface area (Å²) in [5.74, 6) is 0.969. The summed E-state index contributed by atoms with van der Waals surface area (Å²) in [4.78, 5) is 19.4. The molecule has 0 atom stereocenters. The molecule has 0 unspecified atom stereocenters. The summed E-state index contributed by atoms with van der Waals surface area (Å²) in [6, 6.07) is 7.22. The molecule has 1 aliphatic heterocycles. The fraction of sp³-hybridized carbons (Fsp3) is 0.312. The van der Waals surface area contributed by atoms with Gasteiger partial charge in [-0.3, -0.25) is 10.1 Å². The predicted octanol–water partition coefficient (Wildman–Crippen LogP) is 2.16. The van der Waals surface area contributed by atoms with Crippen LogP contribution in [-0.4, -0.2) is 46.4 Å². The molecule has 9 heteroatoms. The molecule has 2 aromatic heterocycles. The van der Waals surface area contributed by atoms with Crippen LogP contribution in [0, 0.1) is 17.0 Å². The Balaban J connectivity index is 1.57. The van der Waals surface area contributed by atoms with Crippen LogP contribution in [-0.2, 0) is 0 Å². The number of hydrogen-bond acceptors (Lipinski definition) is 8. The van der Waals surface area contributed by atoms with Crippen molar-refractivity contribution < 1.29 is 9.55 Å². The van der Waals surface area contributed by atoms with E-state index in [1.54, 1.807) is 6.07 Å². The van der Waals surface area contributed by atoms with Crippen LogP contribution in [0.2, 0.25) is 0 Å². The van der Waals surface area contributed by atoms with Gasteiger partial charge in [0.2, 0.25) is 5.52 Å². The number of rotatable bonds is 3. The summed E-state index contributed by atoms with van der Waals surface area (Å²) in [6.45, 7) is 5.18. The van der Waals surface area contributed by atoms with E-state index >= 15 is 0 Å². The third-order valence-corrected chi connectivity index (χ3v) is 4.41. The van der Waals surface area contributed by atoms with Crippen LogP contribution in [0.4, 0.5) is 17.2 Å². The molecule has 0 radical (unpaired) electrons. The zero-order chi connectivity index (χ0) is 17.4. The summed E-state index contributed by atoms with van der Waals surface area (Å²) in [7, 11) is 0. The first kappa shape index (κ1) is 15.3. The molecule has 0 N–H and O–H groups in total. The zero-order valence-corrected chi connectivity index (χ0v) is 13.6. The number of nitrogens with zero attached hydrogens (tertiary/aromatic N) is 6. The van der Waals surface area contributed by atoms with Gasteiger partial charge in [-0.25, -0.2) is 9.61 Å². The minimum Gasteiger partial charge on any atom is -0.366 e. The monoisotopic (exact) mass is 340 g/mol. The molecule has 0 spiro atoms. The number of benzene rings is 1. The Morgan fingerprint density at radius 3 is 2.52 bits per heavy atom. The summed E-state index contributed by atoms with van der Waals surface area (Å²) in [5.41, 5.74) is 2.50. The summed E-state index contributed by atoms with van der Waals surface area (Å²) >= 11 is 0. The van der Waals surface area contributed by atoms with Gasteiger partial charge in [0.1, 0.15) is 5.82 Å². The number of non-ortho nitro benzene ring substituents is 1. The van der Waals surface area contributed by atoms with Crippen LogP contribution in [0.15, 0.2) is 35.1 Å². The third-order valence-electron chi connectivity index (χ3n) is 4.41. The highest BCUT2D eigenvalue weighted by molar-refractivity contribution is 5.93. The van der Waals surface area contributed by atoms with E-state index in [0.29, 0.717) is 5.52 Å². The topological polar surface area (TPSA) is 101 Å². The fourth-order valence-corrected chi connectivity index (χ4v) is 3.11. The Bertz CT molecular complexity index is 933. The van der Waals surface area contributed by atoms with Crippen LogP contribution in [0.25, 0.3) is 11.0 Å². The van der Waals surface area contributed by atoms with Gasteiger partial charge in [-0.1, -0.05) is 0 Å². The quantitative estimate of drug-likeness (QED) is 0.528. The van der Waals surface area contributed by atoms with E-state index in [0.717, 1.165) is 37.7 Å². The number of hydrogen-bond donors (Lipinski definition) is 0. The van der Waals surface area contributed by atoms with Crippen LogP contribution < -0.4 is 9.80 Å². The number of aromatic nitrogens is 3. The Morgan fingerprint density at radius 1 is 1.08 bits per heavy atom. The minimum atomic E-state index is -0.475.